The number of hydrogen-bond donors (Lipinski definition) is 0. The first-order chi connectivity index (χ1) is 16.0. The van der Waals surface area contributed by atoms with Crippen LogP contribution < -0.4 is 0 Å². The summed E-state index contributed by atoms with van der Waals surface area (Å²) in [5.74, 6) is 0.167. The second-order valence-corrected chi connectivity index (χ2v) is 5.73. The number of Topliss-reactive ketones (excluding diaryl/α,β-unsaturated/α-hetero) is 1. The van der Waals surface area contributed by atoms with Crippen LogP contribution in [-0.2, 0) is 17.6 Å². The molecule has 4 heteroatoms. The molecule has 0 fully saturated rings. The molecule has 4 nitrogen and oxygen atoms in total. The predicted octanol–water partition coefficient (Wildman–Crippen LogP) is 8.99. The molecule has 0 aromatic carbocycles. The van der Waals surface area contributed by atoms with Crippen molar-refractivity contribution in [3.05, 3.63) is 90.3 Å². The maximum atomic E-state index is 9.44. The van der Waals surface area contributed by atoms with Gasteiger partial charge in [-0.2, -0.15) is 0 Å². The maximum absolute atomic E-state index is 9.44. The van der Waals surface area contributed by atoms with E-state index >= 15 is 0 Å². The Bertz CT molecular complexity index is 659. The van der Waals surface area contributed by atoms with Crippen molar-refractivity contribution < 1.29 is 4.79 Å². The van der Waals surface area contributed by atoms with Crippen molar-refractivity contribution in [3.8, 4) is 0 Å². The molecule has 0 aliphatic rings. The molecule has 0 spiro atoms. The minimum atomic E-state index is 0. The monoisotopic (exact) mass is 471 g/mol. The van der Waals surface area contributed by atoms with Gasteiger partial charge in [0.2, 0.25) is 0 Å². The Morgan fingerprint density at radius 3 is 1.03 bits per heavy atom. The van der Waals surface area contributed by atoms with Crippen LogP contribution in [0.15, 0.2) is 73.2 Å². The van der Waals surface area contributed by atoms with E-state index in [2.05, 4.69) is 28.8 Å². The van der Waals surface area contributed by atoms with Crippen LogP contribution in [0.4, 0.5) is 0 Å². The Balaban J connectivity index is -0.000000103. The minimum Gasteiger partial charge on any atom is -0.300 e. The van der Waals surface area contributed by atoms with Crippen LogP contribution in [0.1, 0.15) is 93.7 Å². The van der Waals surface area contributed by atoms with Gasteiger partial charge in [-0.15, -0.1) is 0 Å². The van der Waals surface area contributed by atoms with Gasteiger partial charge in [0.05, 0.1) is 0 Å². The SMILES string of the molecule is C.CC.CC.CC.CC(C)=O.CCc1ccccn1.CCc1ccccn1.Cc1ccccn1. The molecule has 0 unspecified atom stereocenters. The average molecular weight is 472 g/mol. The van der Waals surface area contributed by atoms with Crippen molar-refractivity contribution in [2.24, 2.45) is 0 Å². The Hall–Kier alpha value is -2.88. The first kappa shape index (κ1) is 41.4. The average Bonchev–Trinajstić information content (AvgIpc) is 2.89. The van der Waals surface area contributed by atoms with E-state index < -0.39 is 0 Å². The topological polar surface area (TPSA) is 55.7 Å². The molecule has 3 rings (SSSR count). The zero-order valence-electron chi connectivity index (χ0n) is 23.1. The highest BCUT2D eigenvalue weighted by Crippen LogP contribution is 1.92. The molecule has 0 saturated heterocycles. The van der Waals surface area contributed by atoms with Crippen molar-refractivity contribution in [2.75, 3.05) is 0 Å². The van der Waals surface area contributed by atoms with Gasteiger partial charge in [-0.05, 0) is 70.0 Å². The third kappa shape index (κ3) is 36.5. The van der Waals surface area contributed by atoms with E-state index in [1.165, 1.54) is 13.8 Å². The van der Waals surface area contributed by atoms with Crippen LogP contribution in [0.3, 0.4) is 0 Å². The van der Waals surface area contributed by atoms with Crippen LogP contribution in [0.5, 0.6) is 0 Å². The lowest BCUT2D eigenvalue weighted by molar-refractivity contribution is -0.114. The number of hydrogen-bond acceptors (Lipinski definition) is 4. The normalized spacial score (nSPS) is 7.38. The summed E-state index contributed by atoms with van der Waals surface area (Å²) in [5, 5.41) is 0. The fourth-order valence-electron chi connectivity index (χ4n) is 1.66. The predicted molar refractivity (Wildman–Crippen MR) is 153 cm³/mol. The Kier molecular flexibility index (Phi) is 45.6. The Morgan fingerprint density at radius 2 is 0.912 bits per heavy atom. The maximum Gasteiger partial charge on any atom is 0.126 e. The van der Waals surface area contributed by atoms with Crippen LogP contribution >= 0.6 is 0 Å². The van der Waals surface area contributed by atoms with Gasteiger partial charge in [-0.1, -0.05) is 81.0 Å². The number of aryl methyl sites for hydroxylation is 3. The van der Waals surface area contributed by atoms with E-state index in [1.54, 1.807) is 6.20 Å². The highest BCUT2D eigenvalue weighted by atomic mass is 16.1. The van der Waals surface area contributed by atoms with Crippen molar-refractivity contribution in [2.45, 2.75) is 96.4 Å². The summed E-state index contributed by atoms with van der Waals surface area (Å²) in [7, 11) is 0. The molecule has 34 heavy (non-hydrogen) atoms. The quantitative estimate of drug-likeness (QED) is 0.374. The van der Waals surface area contributed by atoms with Gasteiger partial charge < -0.3 is 4.79 Å². The smallest absolute Gasteiger partial charge is 0.126 e. The van der Waals surface area contributed by atoms with Gasteiger partial charge in [-0.25, -0.2) is 0 Å². The molecule has 3 heterocycles. The standard InChI is InChI=1S/2C7H9N.C6H7N.C3H6O.3C2H6.CH4/c2*1-2-7-5-3-4-6-8-7;1-6-4-2-3-5-7-6;1-3(2)4;3*1-2;/h2*3-6H,2H2,1H3;2-5H,1H3;1-2H3;3*1-2H3;1H4. The summed E-state index contributed by atoms with van der Waals surface area (Å²) in [6, 6.07) is 17.8. The van der Waals surface area contributed by atoms with Gasteiger partial charge in [0, 0.05) is 35.7 Å². The Morgan fingerprint density at radius 1 is 0.618 bits per heavy atom. The van der Waals surface area contributed by atoms with Gasteiger partial charge in [0.25, 0.3) is 0 Å². The van der Waals surface area contributed by atoms with E-state index in [4.69, 9.17) is 0 Å². The minimum absolute atomic E-state index is 0. The van der Waals surface area contributed by atoms with Gasteiger partial charge in [-0.3, -0.25) is 15.0 Å². The molecule has 0 N–H and O–H groups in total. The number of ketones is 1. The third-order valence-electron chi connectivity index (χ3n) is 2.99. The van der Waals surface area contributed by atoms with Crippen LogP contribution in [0.25, 0.3) is 0 Å². The van der Waals surface area contributed by atoms with Crippen molar-refractivity contribution in [1.82, 2.24) is 15.0 Å². The van der Waals surface area contributed by atoms with Gasteiger partial charge in [0.1, 0.15) is 5.78 Å². The number of rotatable bonds is 2. The molecule has 0 radical (unpaired) electrons. The molecule has 0 bridgehead atoms. The molecule has 194 valence electrons. The van der Waals surface area contributed by atoms with Gasteiger partial charge in [0.15, 0.2) is 0 Å². The number of carbonyl (C=O) groups excluding carboxylic acids is 1. The van der Waals surface area contributed by atoms with Crippen LogP contribution in [-0.4, -0.2) is 20.7 Å². The van der Waals surface area contributed by atoms with E-state index in [-0.39, 0.29) is 13.2 Å². The molecular weight excluding hydrogens is 418 g/mol. The zero-order chi connectivity index (χ0) is 26.3. The summed E-state index contributed by atoms with van der Waals surface area (Å²) in [6.07, 6.45) is 7.48. The molecule has 0 aliphatic carbocycles. The molecular formula is C30H53N3O. The molecule has 0 aliphatic heterocycles. The molecule has 3 aromatic rings. The molecule has 0 amide bonds. The molecule has 0 atom stereocenters. The lowest BCUT2D eigenvalue weighted by atomic mass is 10.3. The summed E-state index contributed by atoms with van der Waals surface area (Å²) in [6.45, 7) is 21.2. The van der Waals surface area contributed by atoms with E-state index in [0.717, 1.165) is 29.9 Å². The summed E-state index contributed by atoms with van der Waals surface area (Å²) in [4.78, 5) is 21.6. The van der Waals surface area contributed by atoms with Crippen LogP contribution in [0.2, 0.25) is 0 Å². The summed E-state index contributed by atoms with van der Waals surface area (Å²) in [5.41, 5.74) is 3.39. The van der Waals surface area contributed by atoms with E-state index in [0.29, 0.717) is 0 Å². The second-order valence-electron chi connectivity index (χ2n) is 5.73. The van der Waals surface area contributed by atoms with Crippen LogP contribution in [0, 0.1) is 6.92 Å². The highest BCUT2D eigenvalue weighted by molar-refractivity contribution is 5.72. The van der Waals surface area contributed by atoms with Crippen molar-refractivity contribution in [3.63, 3.8) is 0 Å². The van der Waals surface area contributed by atoms with Crippen molar-refractivity contribution >= 4 is 5.78 Å². The van der Waals surface area contributed by atoms with E-state index in [1.807, 2.05) is 115 Å². The Labute approximate surface area is 212 Å². The number of pyridine rings is 3. The fraction of sp³-hybridized carbons (Fsp3) is 0.467. The van der Waals surface area contributed by atoms with Crippen molar-refractivity contribution in [1.29, 1.82) is 0 Å². The zero-order valence-corrected chi connectivity index (χ0v) is 23.1. The second kappa shape index (κ2) is 37.4. The lowest BCUT2D eigenvalue weighted by Crippen LogP contribution is -1.81. The highest BCUT2D eigenvalue weighted by Gasteiger charge is 1.82. The fourth-order valence-corrected chi connectivity index (χ4v) is 1.66. The molecule has 3 aromatic heterocycles. The number of carbonyl (C=O) groups is 1. The molecule has 0 saturated carbocycles. The largest absolute Gasteiger partial charge is 0.300 e. The number of nitrogens with zero attached hydrogens (tertiary/aromatic N) is 3. The third-order valence-corrected chi connectivity index (χ3v) is 2.99. The number of aromatic nitrogens is 3. The lowest BCUT2D eigenvalue weighted by Gasteiger charge is -1.88. The first-order valence-electron chi connectivity index (χ1n) is 12.1. The first-order valence-corrected chi connectivity index (χ1v) is 12.1. The van der Waals surface area contributed by atoms with Gasteiger partial charge >= 0.3 is 0 Å². The van der Waals surface area contributed by atoms with E-state index in [9.17, 15) is 4.79 Å². The summed E-state index contributed by atoms with van der Waals surface area (Å²) >= 11 is 0. The summed E-state index contributed by atoms with van der Waals surface area (Å²) < 4.78 is 0.